The molecule has 0 fully saturated rings. The lowest BCUT2D eigenvalue weighted by atomic mass is 10.1. The van der Waals surface area contributed by atoms with E-state index in [1.54, 1.807) is 7.11 Å². The number of methoxy groups -OCH3 is 1. The van der Waals surface area contributed by atoms with Crippen molar-refractivity contribution >= 4 is 16.8 Å². The van der Waals surface area contributed by atoms with Crippen LogP contribution < -0.4 is 15.4 Å². The SMILES string of the molecule is CCC(CC)NC(=O)NCc1ccc2cc(OC)ccc2c1. The molecule has 0 heterocycles. The number of urea groups is 1. The molecule has 0 aliphatic rings. The highest BCUT2D eigenvalue weighted by Gasteiger charge is 2.07. The van der Waals surface area contributed by atoms with Crippen molar-refractivity contribution in [3.8, 4) is 5.75 Å². The van der Waals surface area contributed by atoms with Crippen LogP contribution in [0.25, 0.3) is 10.8 Å². The third kappa shape index (κ3) is 4.13. The van der Waals surface area contributed by atoms with Crippen LogP contribution in [0.4, 0.5) is 4.79 Å². The molecule has 2 aromatic rings. The predicted molar refractivity (Wildman–Crippen MR) is 90.2 cm³/mol. The van der Waals surface area contributed by atoms with Gasteiger partial charge in [-0.05, 0) is 47.4 Å². The van der Waals surface area contributed by atoms with E-state index < -0.39 is 0 Å². The van der Waals surface area contributed by atoms with E-state index >= 15 is 0 Å². The Hall–Kier alpha value is -2.23. The predicted octanol–water partition coefficient (Wildman–Crippen LogP) is 3.84. The van der Waals surface area contributed by atoms with E-state index in [1.165, 1.54) is 0 Å². The summed E-state index contributed by atoms with van der Waals surface area (Å²) in [4.78, 5) is 11.9. The van der Waals surface area contributed by atoms with Gasteiger partial charge in [0.2, 0.25) is 0 Å². The van der Waals surface area contributed by atoms with Gasteiger partial charge in [0, 0.05) is 12.6 Å². The highest BCUT2D eigenvalue weighted by atomic mass is 16.5. The minimum absolute atomic E-state index is 0.108. The molecular weight excluding hydrogens is 276 g/mol. The first kappa shape index (κ1) is 16.1. The maximum Gasteiger partial charge on any atom is 0.315 e. The second-order valence-electron chi connectivity index (χ2n) is 5.39. The number of ether oxygens (including phenoxy) is 1. The zero-order chi connectivity index (χ0) is 15.9. The smallest absolute Gasteiger partial charge is 0.315 e. The van der Waals surface area contributed by atoms with Crippen molar-refractivity contribution in [2.45, 2.75) is 39.3 Å². The van der Waals surface area contributed by atoms with Gasteiger partial charge in [-0.2, -0.15) is 0 Å². The van der Waals surface area contributed by atoms with Gasteiger partial charge in [-0.1, -0.05) is 32.0 Å². The summed E-state index contributed by atoms with van der Waals surface area (Å²) in [5, 5.41) is 8.15. The van der Waals surface area contributed by atoms with Crippen LogP contribution in [-0.2, 0) is 6.54 Å². The summed E-state index contributed by atoms with van der Waals surface area (Å²) < 4.78 is 5.22. The third-order valence-corrected chi connectivity index (χ3v) is 3.89. The van der Waals surface area contributed by atoms with Crippen LogP contribution in [0.5, 0.6) is 5.75 Å². The van der Waals surface area contributed by atoms with Gasteiger partial charge in [-0.3, -0.25) is 0 Å². The molecule has 0 aromatic heterocycles. The van der Waals surface area contributed by atoms with Gasteiger partial charge in [0.15, 0.2) is 0 Å². The van der Waals surface area contributed by atoms with Crippen molar-refractivity contribution in [3.63, 3.8) is 0 Å². The highest BCUT2D eigenvalue weighted by Crippen LogP contribution is 2.21. The summed E-state index contributed by atoms with van der Waals surface area (Å²) in [6.45, 7) is 4.67. The number of nitrogens with one attached hydrogen (secondary N) is 2. The number of amides is 2. The van der Waals surface area contributed by atoms with Crippen LogP contribution in [-0.4, -0.2) is 19.2 Å². The Balaban J connectivity index is 1.98. The van der Waals surface area contributed by atoms with E-state index in [1.807, 2.05) is 30.3 Å². The molecule has 0 bridgehead atoms. The molecule has 2 rings (SSSR count). The zero-order valence-corrected chi connectivity index (χ0v) is 13.5. The fourth-order valence-electron chi connectivity index (χ4n) is 2.42. The lowest BCUT2D eigenvalue weighted by Crippen LogP contribution is -2.41. The van der Waals surface area contributed by atoms with Gasteiger partial charge in [0.05, 0.1) is 7.11 Å². The number of benzene rings is 2. The van der Waals surface area contributed by atoms with Crippen LogP contribution in [0.1, 0.15) is 32.3 Å². The maximum atomic E-state index is 11.9. The molecule has 0 spiro atoms. The first-order valence-electron chi connectivity index (χ1n) is 7.77. The molecule has 2 aromatic carbocycles. The molecule has 0 aliphatic heterocycles. The minimum Gasteiger partial charge on any atom is -0.497 e. The summed E-state index contributed by atoms with van der Waals surface area (Å²) in [6, 6.07) is 12.3. The van der Waals surface area contributed by atoms with E-state index in [-0.39, 0.29) is 12.1 Å². The fraction of sp³-hybridized carbons (Fsp3) is 0.389. The van der Waals surface area contributed by atoms with Crippen LogP contribution in [0.15, 0.2) is 36.4 Å². The summed E-state index contributed by atoms with van der Waals surface area (Å²) in [5.74, 6) is 0.850. The van der Waals surface area contributed by atoms with Crippen LogP contribution in [0, 0.1) is 0 Å². The highest BCUT2D eigenvalue weighted by molar-refractivity contribution is 5.84. The van der Waals surface area contributed by atoms with Gasteiger partial charge >= 0.3 is 6.03 Å². The van der Waals surface area contributed by atoms with E-state index in [0.717, 1.165) is 34.9 Å². The van der Waals surface area contributed by atoms with Gasteiger partial charge in [-0.15, -0.1) is 0 Å². The molecule has 4 heteroatoms. The van der Waals surface area contributed by atoms with Crippen LogP contribution >= 0.6 is 0 Å². The molecule has 4 nitrogen and oxygen atoms in total. The van der Waals surface area contributed by atoms with Gasteiger partial charge in [0.1, 0.15) is 5.75 Å². The number of carbonyl (C=O) groups excluding carboxylic acids is 1. The minimum atomic E-state index is -0.108. The molecule has 0 atom stereocenters. The monoisotopic (exact) mass is 300 g/mol. The van der Waals surface area contributed by atoms with Crippen molar-refractivity contribution < 1.29 is 9.53 Å². The van der Waals surface area contributed by atoms with E-state index in [0.29, 0.717) is 6.54 Å². The second kappa shape index (κ2) is 7.69. The Morgan fingerprint density at radius 2 is 1.77 bits per heavy atom. The first-order chi connectivity index (χ1) is 10.7. The first-order valence-corrected chi connectivity index (χ1v) is 7.77. The van der Waals surface area contributed by atoms with E-state index in [9.17, 15) is 4.79 Å². The summed E-state index contributed by atoms with van der Waals surface area (Å²) in [6.07, 6.45) is 1.89. The van der Waals surface area contributed by atoms with Gasteiger partial charge < -0.3 is 15.4 Å². The van der Waals surface area contributed by atoms with Gasteiger partial charge in [0.25, 0.3) is 0 Å². The molecule has 0 radical (unpaired) electrons. The normalized spacial score (nSPS) is 10.7. The van der Waals surface area contributed by atoms with Crippen LogP contribution in [0.2, 0.25) is 0 Å². The Kier molecular flexibility index (Phi) is 5.64. The summed E-state index contributed by atoms with van der Waals surface area (Å²) in [5.41, 5.74) is 1.08. The zero-order valence-electron chi connectivity index (χ0n) is 13.5. The molecule has 0 saturated heterocycles. The third-order valence-electron chi connectivity index (χ3n) is 3.89. The van der Waals surface area contributed by atoms with Gasteiger partial charge in [-0.25, -0.2) is 4.79 Å². The standard InChI is InChI=1S/C18H24N2O2/c1-4-16(5-2)20-18(21)19-12-13-6-7-15-11-17(22-3)9-8-14(15)10-13/h6-11,16H,4-5,12H2,1-3H3,(H2,19,20,21). The van der Waals surface area contributed by atoms with Crippen molar-refractivity contribution in [1.82, 2.24) is 10.6 Å². The van der Waals surface area contributed by atoms with Crippen molar-refractivity contribution in [1.29, 1.82) is 0 Å². The Morgan fingerprint density at radius 3 is 2.45 bits per heavy atom. The van der Waals surface area contributed by atoms with Crippen molar-refractivity contribution in [3.05, 3.63) is 42.0 Å². The molecule has 0 unspecified atom stereocenters. The Labute approximate surface area is 131 Å². The Morgan fingerprint density at radius 1 is 1.09 bits per heavy atom. The molecule has 2 amide bonds. The molecule has 2 N–H and O–H groups in total. The number of carbonyl (C=O) groups is 1. The van der Waals surface area contributed by atoms with Crippen LogP contribution in [0.3, 0.4) is 0 Å². The summed E-state index contributed by atoms with van der Waals surface area (Å²) >= 11 is 0. The van der Waals surface area contributed by atoms with Crippen molar-refractivity contribution in [2.24, 2.45) is 0 Å². The Bertz CT molecular complexity index is 636. The number of fused-ring (bicyclic) bond motifs is 1. The number of hydrogen-bond acceptors (Lipinski definition) is 2. The molecule has 118 valence electrons. The van der Waals surface area contributed by atoms with E-state index in [2.05, 4.69) is 30.5 Å². The fourth-order valence-corrected chi connectivity index (χ4v) is 2.42. The molecule has 0 saturated carbocycles. The maximum absolute atomic E-state index is 11.9. The summed E-state index contributed by atoms with van der Waals surface area (Å²) in [7, 11) is 1.66. The lowest BCUT2D eigenvalue weighted by Gasteiger charge is -2.15. The number of hydrogen-bond donors (Lipinski definition) is 2. The molecular formula is C18H24N2O2. The quantitative estimate of drug-likeness (QED) is 0.851. The average Bonchev–Trinajstić information content (AvgIpc) is 2.57. The molecule has 22 heavy (non-hydrogen) atoms. The average molecular weight is 300 g/mol. The molecule has 0 aliphatic carbocycles. The number of rotatable bonds is 6. The largest absolute Gasteiger partial charge is 0.497 e. The van der Waals surface area contributed by atoms with E-state index in [4.69, 9.17) is 4.74 Å². The lowest BCUT2D eigenvalue weighted by molar-refractivity contribution is 0.235. The topological polar surface area (TPSA) is 50.4 Å². The van der Waals surface area contributed by atoms with Crippen molar-refractivity contribution in [2.75, 3.05) is 7.11 Å². The second-order valence-corrected chi connectivity index (χ2v) is 5.39.